The summed E-state index contributed by atoms with van der Waals surface area (Å²) < 4.78 is 1.55. The summed E-state index contributed by atoms with van der Waals surface area (Å²) in [6.07, 6.45) is 6.02. The van der Waals surface area contributed by atoms with Crippen LogP contribution in [0.25, 0.3) is 0 Å². The van der Waals surface area contributed by atoms with Gasteiger partial charge in [0, 0.05) is 12.7 Å². The Labute approximate surface area is 107 Å². The molecule has 1 saturated heterocycles. The normalized spacial score (nSPS) is 17.8. The summed E-state index contributed by atoms with van der Waals surface area (Å²) >= 11 is 0. The van der Waals surface area contributed by atoms with Crippen molar-refractivity contribution in [2.24, 2.45) is 11.7 Å². The Bertz CT molecular complexity index is 395. The third-order valence-corrected chi connectivity index (χ3v) is 3.38. The molecule has 0 spiro atoms. The van der Waals surface area contributed by atoms with E-state index in [1.54, 1.807) is 10.9 Å². The van der Waals surface area contributed by atoms with Crippen molar-refractivity contribution in [1.82, 2.24) is 14.7 Å². The van der Waals surface area contributed by atoms with Crippen molar-refractivity contribution in [3.63, 3.8) is 0 Å². The van der Waals surface area contributed by atoms with Crippen molar-refractivity contribution in [2.75, 3.05) is 32.0 Å². The second-order valence-corrected chi connectivity index (χ2v) is 5.02. The van der Waals surface area contributed by atoms with E-state index < -0.39 is 0 Å². The van der Waals surface area contributed by atoms with Gasteiger partial charge in [0.15, 0.2) is 0 Å². The molecular formula is C12H21N5O. The van der Waals surface area contributed by atoms with Crippen LogP contribution in [0.1, 0.15) is 12.8 Å². The lowest BCUT2D eigenvalue weighted by atomic mass is 9.97. The van der Waals surface area contributed by atoms with E-state index in [-0.39, 0.29) is 12.5 Å². The summed E-state index contributed by atoms with van der Waals surface area (Å²) in [5, 5.41) is 7.45. The first kappa shape index (κ1) is 12.9. The largest absolute Gasteiger partial charge is 0.382 e. The molecule has 1 aliphatic rings. The van der Waals surface area contributed by atoms with Gasteiger partial charge in [-0.15, -0.1) is 0 Å². The Morgan fingerprint density at radius 2 is 2.28 bits per heavy atom. The van der Waals surface area contributed by atoms with E-state index in [4.69, 9.17) is 5.73 Å². The van der Waals surface area contributed by atoms with Crippen molar-refractivity contribution < 1.29 is 4.79 Å². The van der Waals surface area contributed by atoms with Crippen LogP contribution >= 0.6 is 0 Å². The molecule has 0 bridgehead atoms. The number of amides is 1. The number of aromatic nitrogens is 2. The van der Waals surface area contributed by atoms with Gasteiger partial charge in [0.05, 0.1) is 11.9 Å². The van der Waals surface area contributed by atoms with Crippen LogP contribution in [0.5, 0.6) is 0 Å². The van der Waals surface area contributed by atoms with Crippen molar-refractivity contribution >= 4 is 11.6 Å². The average molecular weight is 251 g/mol. The fraction of sp³-hybridized carbons (Fsp3) is 0.667. The van der Waals surface area contributed by atoms with E-state index in [0.29, 0.717) is 0 Å². The number of hydrogen-bond donors (Lipinski definition) is 2. The molecule has 3 N–H and O–H groups in total. The van der Waals surface area contributed by atoms with E-state index in [2.05, 4.69) is 22.4 Å². The van der Waals surface area contributed by atoms with Gasteiger partial charge in [0.2, 0.25) is 5.91 Å². The Hall–Kier alpha value is -1.56. The van der Waals surface area contributed by atoms with Crippen LogP contribution in [0.15, 0.2) is 12.4 Å². The number of nitrogens with one attached hydrogen (secondary N) is 1. The Balaban J connectivity index is 1.76. The number of rotatable bonds is 5. The highest BCUT2D eigenvalue weighted by Crippen LogP contribution is 2.16. The van der Waals surface area contributed by atoms with Crippen LogP contribution in [0, 0.1) is 5.92 Å². The zero-order chi connectivity index (χ0) is 13.0. The van der Waals surface area contributed by atoms with E-state index in [9.17, 15) is 4.79 Å². The summed E-state index contributed by atoms with van der Waals surface area (Å²) in [6.45, 7) is 3.45. The summed E-state index contributed by atoms with van der Waals surface area (Å²) in [5.74, 6) is 0.348. The fourth-order valence-corrected chi connectivity index (χ4v) is 2.23. The Morgan fingerprint density at radius 3 is 2.94 bits per heavy atom. The van der Waals surface area contributed by atoms with Crippen LogP contribution in [0.4, 0.5) is 5.69 Å². The maximum Gasteiger partial charge on any atom is 0.239 e. The first-order chi connectivity index (χ1) is 8.63. The quantitative estimate of drug-likeness (QED) is 0.779. The van der Waals surface area contributed by atoms with Crippen molar-refractivity contribution in [2.45, 2.75) is 19.4 Å². The van der Waals surface area contributed by atoms with Crippen LogP contribution in [0.2, 0.25) is 0 Å². The summed E-state index contributed by atoms with van der Waals surface area (Å²) in [4.78, 5) is 13.1. The lowest BCUT2D eigenvalue weighted by molar-refractivity contribution is -0.118. The first-order valence-corrected chi connectivity index (χ1v) is 6.36. The van der Waals surface area contributed by atoms with Gasteiger partial charge < -0.3 is 16.0 Å². The topological polar surface area (TPSA) is 76.2 Å². The maximum absolute atomic E-state index is 10.8. The number of nitrogens with zero attached hydrogens (tertiary/aromatic N) is 3. The molecule has 0 radical (unpaired) electrons. The van der Waals surface area contributed by atoms with Gasteiger partial charge in [-0.3, -0.25) is 9.48 Å². The van der Waals surface area contributed by atoms with Gasteiger partial charge >= 0.3 is 0 Å². The number of carbonyl (C=O) groups is 1. The van der Waals surface area contributed by atoms with Crippen molar-refractivity contribution in [1.29, 1.82) is 0 Å². The molecule has 0 unspecified atom stereocenters. The summed E-state index contributed by atoms with van der Waals surface area (Å²) in [5.41, 5.74) is 6.07. The lowest BCUT2D eigenvalue weighted by Gasteiger charge is -2.29. The molecule has 1 aromatic rings. The van der Waals surface area contributed by atoms with E-state index >= 15 is 0 Å². The number of piperidine rings is 1. The smallest absolute Gasteiger partial charge is 0.239 e. The third-order valence-electron chi connectivity index (χ3n) is 3.38. The van der Waals surface area contributed by atoms with Crippen molar-refractivity contribution in [3.05, 3.63) is 12.4 Å². The van der Waals surface area contributed by atoms with Gasteiger partial charge in [-0.1, -0.05) is 0 Å². The molecule has 100 valence electrons. The highest BCUT2D eigenvalue weighted by atomic mass is 16.1. The van der Waals surface area contributed by atoms with E-state index in [1.807, 2.05) is 6.20 Å². The third kappa shape index (κ3) is 3.73. The molecule has 6 nitrogen and oxygen atoms in total. The van der Waals surface area contributed by atoms with Crippen LogP contribution in [0.3, 0.4) is 0 Å². The second-order valence-electron chi connectivity index (χ2n) is 5.02. The highest BCUT2D eigenvalue weighted by Gasteiger charge is 2.16. The minimum atomic E-state index is -0.375. The number of hydrogen-bond acceptors (Lipinski definition) is 4. The molecule has 0 atom stereocenters. The Kier molecular flexibility index (Phi) is 4.19. The van der Waals surface area contributed by atoms with Gasteiger partial charge in [-0.2, -0.15) is 5.10 Å². The molecule has 0 saturated carbocycles. The predicted octanol–water partition coefficient (Wildman–Crippen LogP) is 0.122. The summed E-state index contributed by atoms with van der Waals surface area (Å²) in [7, 11) is 2.16. The first-order valence-electron chi connectivity index (χ1n) is 6.36. The fourth-order valence-electron chi connectivity index (χ4n) is 2.23. The number of carbonyl (C=O) groups excluding carboxylic acids is 1. The van der Waals surface area contributed by atoms with E-state index in [1.165, 1.54) is 25.9 Å². The Morgan fingerprint density at radius 1 is 1.56 bits per heavy atom. The lowest BCUT2D eigenvalue weighted by Crippen LogP contribution is -2.32. The molecular weight excluding hydrogens is 230 g/mol. The number of primary amides is 1. The van der Waals surface area contributed by atoms with Crippen molar-refractivity contribution in [3.8, 4) is 0 Å². The molecule has 2 heterocycles. The van der Waals surface area contributed by atoms with Crippen LogP contribution in [-0.2, 0) is 11.3 Å². The number of nitrogens with two attached hydrogens (primary N) is 1. The molecule has 1 amide bonds. The monoisotopic (exact) mass is 251 g/mol. The molecule has 1 fully saturated rings. The number of likely N-dealkylation sites (tertiary alicyclic amines) is 1. The zero-order valence-electron chi connectivity index (χ0n) is 10.8. The van der Waals surface area contributed by atoms with Crippen LogP contribution in [-0.4, -0.2) is 47.3 Å². The molecule has 2 rings (SSSR count). The van der Waals surface area contributed by atoms with E-state index in [0.717, 1.165) is 18.2 Å². The SMILES string of the molecule is CN1CCC(CNc2cnn(CC(N)=O)c2)CC1. The minimum absolute atomic E-state index is 0.135. The zero-order valence-corrected chi connectivity index (χ0v) is 10.8. The van der Waals surface area contributed by atoms with Gasteiger partial charge in [-0.05, 0) is 38.9 Å². The average Bonchev–Trinajstić information content (AvgIpc) is 2.75. The number of anilines is 1. The highest BCUT2D eigenvalue weighted by molar-refractivity contribution is 5.73. The van der Waals surface area contributed by atoms with Gasteiger partial charge in [-0.25, -0.2) is 0 Å². The molecule has 1 aromatic heterocycles. The van der Waals surface area contributed by atoms with Gasteiger partial charge in [0.1, 0.15) is 6.54 Å². The van der Waals surface area contributed by atoms with Crippen LogP contribution < -0.4 is 11.1 Å². The predicted molar refractivity (Wildman–Crippen MR) is 70.1 cm³/mol. The molecule has 0 aromatic carbocycles. The summed E-state index contributed by atoms with van der Waals surface area (Å²) in [6, 6.07) is 0. The second kappa shape index (κ2) is 5.86. The molecule has 1 aliphatic heterocycles. The molecule has 0 aliphatic carbocycles. The minimum Gasteiger partial charge on any atom is -0.382 e. The maximum atomic E-state index is 10.8. The molecule has 18 heavy (non-hydrogen) atoms. The molecule has 6 heteroatoms. The van der Waals surface area contributed by atoms with Gasteiger partial charge in [0.25, 0.3) is 0 Å². The standard InChI is InChI=1S/C12H21N5O/c1-16-4-2-10(3-5-16)6-14-11-7-15-17(8-11)9-12(13)18/h7-8,10,14H,2-6,9H2,1H3,(H2,13,18).